The molecule has 0 amide bonds. The lowest BCUT2D eigenvalue weighted by atomic mass is 9.86. The van der Waals surface area contributed by atoms with Crippen molar-refractivity contribution in [3.63, 3.8) is 0 Å². The number of aromatic nitrogens is 2. The number of carbonyl (C=O) groups is 1. The number of nitrogens with zero attached hydrogens (tertiary/aromatic N) is 2. The summed E-state index contributed by atoms with van der Waals surface area (Å²) in [6.45, 7) is 6.57. The summed E-state index contributed by atoms with van der Waals surface area (Å²) < 4.78 is 7.21. The minimum absolute atomic E-state index is 0.0214. The average molecular weight is 264 g/mol. The molecule has 0 saturated heterocycles. The first-order chi connectivity index (χ1) is 9.15. The first-order valence-corrected chi connectivity index (χ1v) is 7.37. The van der Waals surface area contributed by atoms with Gasteiger partial charge < -0.3 is 4.74 Å². The number of aryl methyl sites for hydroxylation is 2. The predicted octanol–water partition coefficient (Wildman–Crippen LogP) is 3.05. The molecule has 0 spiro atoms. The number of ether oxygens (including phenoxy) is 1. The van der Waals surface area contributed by atoms with E-state index < -0.39 is 0 Å². The molecule has 0 aliphatic heterocycles. The van der Waals surface area contributed by atoms with Crippen molar-refractivity contribution in [2.45, 2.75) is 58.9 Å². The van der Waals surface area contributed by atoms with E-state index >= 15 is 0 Å². The largest absolute Gasteiger partial charge is 0.466 e. The van der Waals surface area contributed by atoms with Crippen molar-refractivity contribution in [3.05, 3.63) is 17.5 Å². The van der Waals surface area contributed by atoms with Crippen LogP contribution in [0.4, 0.5) is 0 Å². The second-order valence-corrected chi connectivity index (χ2v) is 5.33. The van der Waals surface area contributed by atoms with E-state index in [0.717, 1.165) is 37.8 Å². The first-order valence-electron chi connectivity index (χ1n) is 7.37. The third-order valence-electron chi connectivity index (χ3n) is 4.09. The van der Waals surface area contributed by atoms with Crippen molar-refractivity contribution in [2.24, 2.45) is 5.92 Å². The molecular weight excluding hydrogens is 240 g/mol. The van der Waals surface area contributed by atoms with E-state index in [1.165, 1.54) is 5.56 Å². The molecule has 4 nitrogen and oxygen atoms in total. The molecule has 1 aromatic heterocycles. The van der Waals surface area contributed by atoms with Crippen molar-refractivity contribution in [3.8, 4) is 0 Å². The van der Waals surface area contributed by atoms with E-state index in [9.17, 15) is 4.79 Å². The smallest absolute Gasteiger partial charge is 0.308 e. The number of rotatable bonds is 4. The van der Waals surface area contributed by atoms with E-state index in [-0.39, 0.29) is 11.9 Å². The quantitative estimate of drug-likeness (QED) is 0.785. The third-order valence-corrected chi connectivity index (χ3v) is 4.09. The van der Waals surface area contributed by atoms with Crippen LogP contribution < -0.4 is 0 Å². The highest BCUT2D eigenvalue weighted by Gasteiger charge is 2.28. The van der Waals surface area contributed by atoms with Gasteiger partial charge in [0.15, 0.2) is 0 Å². The van der Waals surface area contributed by atoms with Gasteiger partial charge in [-0.2, -0.15) is 5.10 Å². The molecule has 4 heteroatoms. The van der Waals surface area contributed by atoms with Crippen LogP contribution in [0.5, 0.6) is 0 Å². The lowest BCUT2D eigenvalue weighted by molar-refractivity contribution is -0.149. The van der Waals surface area contributed by atoms with Crippen LogP contribution in [0.1, 0.15) is 56.8 Å². The summed E-state index contributed by atoms with van der Waals surface area (Å²) in [6, 6.07) is 0.449. The monoisotopic (exact) mass is 264 g/mol. The maximum Gasteiger partial charge on any atom is 0.308 e. The Bertz CT molecular complexity index is 431. The molecule has 1 heterocycles. The fourth-order valence-corrected chi connectivity index (χ4v) is 2.89. The summed E-state index contributed by atoms with van der Waals surface area (Å²) in [7, 11) is 0. The van der Waals surface area contributed by atoms with Crippen molar-refractivity contribution in [2.75, 3.05) is 6.61 Å². The van der Waals surface area contributed by atoms with Crippen LogP contribution in [0.15, 0.2) is 6.20 Å². The topological polar surface area (TPSA) is 44.1 Å². The minimum Gasteiger partial charge on any atom is -0.466 e. The Labute approximate surface area is 115 Å². The normalized spacial score (nSPS) is 23.3. The Morgan fingerprint density at radius 1 is 1.37 bits per heavy atom. The standard InChI is InChI=1S/C15H24N2O2/c1-4-12-10-17(16-11(12)3)14-8-6-13(7-9-14)15(18)19-5-2/h10,13-14H,4-9H2,1-3H3. The molecule has 1 aliphatic carbocycles. The van der Waals surface area contributed by atoms with Gasteiger partial charge in [0.2, 0.25) is 0 Å². The molecule has 19 heavy (non-hydrogen) atoms. The van der Waals surface area contributed by atoms with Gasteiger partial charge in [-0.15, -0.1) is 0 Å². The van der Waals surface area contributed by atoms with Gasteiger partial charge in [0.25, 0.3) is 0 Å². The second-order valence-electron chi connectivity index (χ2n) is 5.33. The molecule has 106 valence electrons. The van der Waals surface area contributed by atoms with Gasteiger partial charge >= 0.3 is 5.97 Å². The highest BCUT2D eigenvalue weighted by Crippen LogP contribution is 2.32. The Morgan fingerprint density at radius 3 is 2.58 bits per heavy atom. The zero-order valence-electron chi connectivity index (χ0n) is 12.2. The number of hydrogen-bond donors (Lipinski definition) is 0. The highest BCUT2D eigenvalue weighted by molar-refractivity contribution is 5.72. The van der Waals surface area contributed by atoms with E-state index in [4.69, 9.17) is 4.74 Å². The fourth-order valence-electron chi connectivity index (χ4n) is 2.89. The summed E-state index contributed by atoms with van der Waals surface area (Å²) >= 11 is 0. The molecule has 0 unspecified atom stereocenters. The number of esters is 1. The van der Waals surface area contributed by atoms with Gasteiger partial charge in [0.05, 0.1) is 24.3 Å². The van der Waals surface area contributed by atoms with E-state index in [0.29, 0.717) is 12.6 Å². The summed E-state index contributed by atoms with van der Waals surface area (Å²) in [4.78, 5) is 11.7. The van der Waals surface area contributed by atoms with Crippen LogP contribution in [-0.2, 0) is 16.0 Å². The lowest BCUT2D eigenvalue weighted by Crippen LogP contribution is -2.25. The Morgan fingerprint density at radius 2 is 2.05 bits per heavy atom. The second kappa shape index (κ2) is 6.22. The third kappa shape index (κ3) is 3.17. The van der Waals surface area contributed by atoms with Crippen LogP contribution in [0, 0.1) is 12.8 Å². The summed E-state index contributed by atoms with van der Waals surface area (Å²) in [5, 5.41) is 4.61. The van der Waals surface area contributed by atoms with Crippen molar-refractivity contribution in [1.82, 2.24) is 9.78 Å². The molecule has 0 radical (unpaired) electrons. The zero-order valence-corrected chi connectivity index (χ0v) is 12.2. The van der Waals surface area contributed by atoms with Gasteiger partial charge in [0.1, 0.15) is 0 Å². The van der Waals surface area contributed by atoms with Crippen molar-refractivity contribution >= 4 is 5.97 Å². The zero-order chi connectivity index (χ0) is 13.8. The molecule has 0 bridgehead atoms. The maximum absolute atomic E-state index is 11.7. The molecule has 0 N–H and O–H groups in total. The molecule has 0 aromatic carbocycles. The van der Waals surface area contributed by atoms with Gasteiger partial charge in [-0.3, -0.25) is 9.48 Å². The molecule has 1 fully saturated rings. The van der Waals surface area contributed by atoms with Crippen LogP contribution in [-0.4, -0.2) is 22.4 Å². The van der Waals surface area contributed by atoms with Crippen molar-refractivity contribution in [1.29, 1.82) is 0 Å². The number of hydrogen-bond acceptors (Lipinski definition) is 3. The Kier molecular flexibility index (Phi) is 4.61. The van der Waals surface area contributed by atoms with E-state index in [2.05, 4.69) is 29.8 Å². The highest BCUT2D eigenvalue weighted by atomic mass is 16.5. The maximum atomic E-state index is 11.7. The number of carbonyl (C=O) groups excluding carboxylic acids is 1. The minimum atomic E-state index is -0.0214. The van der Waals surface area contributed by atoms with Gasteiger partial charge in [0, 0.05) is 6.20 Å². The van der Waals surface area contributed by atoms with E-state index in [1.807, 2.05) is 6.92 Å². The van der Waals surface area contributed by atoms with Crippen LogP contribution in [0.3, 0.4) is 0 Å². The molecular formula is C15H24N2O2. The predicted molar refractivity (Wildman–Crippen MR) is 74.0 cm³/mol. The Balaban J connectivity index is 1.94. The van der Waals surface area contributed by atoms with Gasteiger partial charge in [-0.1, -0.05) is 6.92 Å². The van der Waals surface area contributed by atoms with Crippen LogP contribution >= 0.6 is 0 Å². The SMILES string of the molecule is CCOC(=O)C1CCC(n2cc(CC)c(C)n2)CC1. The molecule has 1 saturated carbocycles. The van der Waals surface area contributed by atoms with E-state index in [1.54, 1.807) is 0 Å². The average Bonchev–Trinajstić information content (AvgIpc) is 2.80. The molecule has 1 aromatic rings. The van der Waals surface area contributed by atoms with Crippen LogP contribution in [0.2, 0.25) is 0 Å². The molecule has 2 rings (SSSR count). The molecule has 1 aliphatic rings. The van der Waals surface area contributed by atoms with Crippen LogP contribution in [0.25, 0.3) is 0 Å². The summed E-state index contributed by atoms with van der Waals surface area (Å²) in [5.41, 5.74) is 2.46. The first kappa shape index (κ1) is 14.1. The van der Waals surface area contributed by atoms with Gasteiger partial charge in [-0.25, -0.2) is 0 Å². The fraction of sp³-hybridized carbons (Fsp3) is 0.733. The Hall–Kier alpha value is -1.32. The summed E-state index contributed by atoms with van der Waals surface area (Å²) in [6.07, 6.45) is 7.09. The van der Waals surface area contributed by atoms with Gasteiger partial charge in [-0.05, 0) is 51.5 Å². The van der Waals surface area contributed by atoms with Crippen molar-refractivity contribution < 1.29 is 9.53 Å². The lowest BCUT2D eigenvalue weighted by Gasteiger charge is -2.27. The summed E-state index contributed by atoms with van der Waals surface area (Å²) in [5.74, 6) is 0.0744. The molecule has 0 atom stereocenters.